The SMILES string of the molecule is C[C@@H]1CCCCN1C(=O)c1ccc2c(c1)NC(=O)[C@@H]1CCCN21. The third-order valence-corrected chi connectivity index (χ3v) is 5.43. The van der Waals surface area contributed by atoms with Crippen LogP contribution >= 0.6 is 0 Å². The lowest BCUT2D eigenvalue weighted by molar-refractivity contribution is -0.117. The zero-order chi connectivity index (χ0) is 16.0. The Bertz CT molecular complexity index is 658. The lowest BCUT2D eigenvalue weighted by atomic mass is 10.0. The van der Waals surface area contributed by atoms with Gasteiger partial charge in [0.25, 0.3) is 5.91 Å². The number of rotatable bonds is 1. The Morgan fingerprint density at radius 2 is 2.04 bits per heavy atom. The molecule has 0 spiro atoms. The van der Waals surface area contributed by atoms with Crippen molar-refractivity contribution in [1.82, 2.24) is 4.90 Å². The van der Waals surface area contributed by atoms with E-state index < -0.39 is 0 Å². The van der Waals surface area contributed by atoms with Crippen LogP contribution in [-0.4, -0.2) is 41.9 Å². The standard InChI is InChI=1S/C18H23N3O2/c1-12-5-2-3-9-20(12)18(23)13-7-8-15-14(11-13)19-17(22)16-6-4-10-21(15)16/h7-8,11-12,16H,2-6,9-10H2,1H3,(H,19,22)/t12-,16+/m1/s1. The second kappa shape index (κ2) is 5.55. The minimum absolute atomic E-state index is 0.0360. The first-order chi connectivity index (χ1) is 11.1. The maximum absolute atomic E-state index is 12.8. The minimum Gasteiger partial charge on any atom is -0.358 e. The minimum atomic E-state index is -0.0360. The van der Waals surface area contributed by atoms with Crippen LogP contribution in [0.3, 0.4) is 0 Å². The Balaban J connectivity index is 1.63. The van der Waals surface area contributed by atoms with E-state index in [-0.39, 0.29) is 17.9 Å². The first kappa shape index (κ1) is 14.5. The molecule has 122 valence electrons. The molecule has 0 aromatic heterocycles. The maximum Gasteiger partial charge on any atom is 0.254 e. The van der Waals surface area contributed by atoms with Crippen LogP contribution in [0.1, 0.15) is 49.4 Å². The molecule has 5 nitrogen and oxygen atoms in total. The van der Waals surface area contributed by atoms with Crippen LogP contribution in [0.25, 0.3) is 0 Å². The molecule has 0 radical (unpaired) electrons. The molecule has 4 rings (SSSR count). The van der Waals surface area contributed by atoms with E-state index in [1.165, 1.54) is 6.42 Å². The van der Waals surface area contributed by atoms with E-state index in [0.29, 0.717) is 11.6 Å². The first-order valence-corrected chi connectivity index (χ1v) is 8.67. The Morgan fingerprint density at radius 3 is 2.87 bits per heavy atom. The van der Waals surface area contributed by atoms with Gasteiger partial charge in [-0.15, -0.1) is 0 Å². The lowest BCUT2D eigenvalue weighted by Gasteiger charge is -2.35. The van der Waals surface area contributed by atoms with Crippen molar-refractivity contribution in [2.75, 3.05) is 23.3 Å². The highest BCUT2D eigenvalue weighted by Gasteiger charge is 2.36. The van der Waals surface area contributed by atoms with Gasteiger partial charge in [0, 0.05) is 24.7 Å². The number of benzene rings is 1. The van der Waals surface area contributed by atoms with Crippen LogP contribution in [0.4, 0.5) is 11.4 Å². The van der Waals surface area contributed by atoms with E-state index in [2.05, 4.69) is 17.1 Å². The van der Waals surface area contributed by atoms with E-state index in [9.17, 15) is 9.59 Å². The Labute approximate surface area is 136 Å². The van der Waals surface area contributed by atoms with Crippen molar-refractivity contribution in [2.24, 2.45) is 0 Å². The molecule has 3 aliphatic heterocycles. The van der Waals surface area contributed by atoms with Gasteiger partial charge in [0.1, 0.15) is 6.04 Å². The molecule has 1 aromatic rings. The topological polar surface area (TPSA) is 52.7 Å². The van der Waals surface area contributed by atoms with Gasteiger partial charge >= 0.3 is 0 Å². The number of hydrogen-bond acceptors (Lipinski definition) is 3. The van der Waals surface area contributed by atoms with Crippen molar-refractivity contribution in [2.45, 2.75) is 51.1 Å². The fraction of sp³-hybridized carbons (Fsp3) is 0.556. The van der Waals surface area contributed by atoms with Gasteiger partial charge in [0.2, 0.25) is 5.91 Å². The van der Waals surface area contributed by atoms with Gasteiger partial charge in [-0.1, -0.05) is 0 Å². The lowest BCUT2D eigenvalue weighted by Crippen LogP contribution is -2.44. The molecule has 2 fully saturated rings. The molecule has 23 heavy (non-hydrogen) atoms. The molecule has 3 heterocycles. The van der Waals surface area contributed by atoms with Gasteiger partial charge < -0.3 is 15.1 Å². The van der Waals surface area contributed by atoms with Gasteiger partial charge in [-0.3, -0.25) is 9.59 Å². The number of amides is 2. The molecule has 2 amide bonds. The van der Waals surface area contributed by atoms with Crippen LogP contribution in [0, 0.1) is 0 Å². The van der Waals surface area contributed by atoms with Crippen LogP contribution < -0.4 is 10.2 Å². The fourth-order valence-electron chi connectivity index (χ4n) is 4.13. The molecular formula is C18H23N3O2. The van der Waals surface area contributed by atoms with Crippen molar-refractivity contribution in [3.63, 3.8) is 0 Å². The van der Waals surface area contributed by atoms with E-state index >= 15 is 0 Å². The second-order valence-corrected chi connectivity index (χ2v) is 6.92. The van der Waals surface area contributed by atoms with E-state index in [4.69, 9.17) is 0 Å². The van der Waals surface area contributed by atoms with Gasteiger partial charge in [-0.05, 0) is 57.2 Å². The number of hydrogen-bond donors (Lipinski definition) is 1. The van der Waals surface area contributed by atoms with Crippen molar-refractivity contribution in [3.05, 3.63) is 23.8 Å². The van der Waals surface area contributed by atoms with Gasteiger partial charge in [-0.25, -0.2) is 0 Å². The summed E-state index contributed by atoms with van der Waals surface area (Å²) in [6, 6.07) is 6.02. The highest BCUT2D eigenvalue weighted by atomic mass is 16.2. The zero-order valence-electron chi connectivity index (χ0n) is 13.5. The third kappa shape index (κ3) is 2.38. The summed E-state index contributed by atoms with van der Waals surface area (Å²) in [5.74, 6) is 0.142. The van der Waals surface area contributed by atoms with E-state index in [1.807, 2.05) is 23.1 Å². The number of fused-ring (bicyclic) bond motifs is 3. The van der Waals surface area contributed by atoms with E-state index in [0.717, 1.165) is 50.1 Å². The van der Waals surface area contributed by atoms with Crippen molar-refractivity contribution in [1.29, 1.82) is 0 Å². The van der Waals surface area contributed by atoms with Crippen molar-refractivity contribution < 1.29 is 9.59 Å². The molecule has 0 bridgehead atoms. The normalized spacial score (nSPS) is 26.6. The molecule has 0 saturated carbocycles. The highest BCUT2D eigenvalue weighted by molar-refractivity contribution is 6.06. The van der Waals surface area contributed by atoms with E-state index in [1.54, 1.807) is 0 Å². The molecule has 5 heteroatoms. The second-order valence-electron chi connectivity index (χ2n) is 6.92. The van der Waals surface area contributed by atoms with Crippen LogP contribution in [0.2, 0.25) is 0 Å². The van der Waals surface area contributed by atoms with Crippen LogP contribution in [-0.2, 0) is 4.79 Å². The quantitative estimate of drug-likeness (QED) is 0.867. The summed E-state index contributed by atoms with van der Waals surface area (Å²) in [6.45, 7) is 3.87. The Hall–Kier alpha value is -2.04. The maximum atomic E-state index is 12.8. The predicted octanol–water partition coefficient (Wildman–Crippen LogP) is 2.62. The summed E-state index contributed by atoms with van der Waals surface area (Å²) in [6.07, 6.45) is 5.30. The fourth-order valence-corrected chi connectivity index (χ4v) is 4.13. The smallest absolute Gasteiger partial charge is 0.254 e. The molecular weight excluding hydrogens is 290 g/mol. The predicted molar refractivity (Wildman–Crippen MR) is 89.8 cm³/mol. The summed E-state index contributed by atoms with van der Waals surface area (Å²) in [5.41, 5.74) is 2.51. The van der Waals surface area contributed by atoms with Gasteiger partial charge in [0.05, 0.1) is 11.4 Å². The first-order valence-electron chi connectivity index (χ1n) is 8.67. The molecule has 2 atom stereocenters. The van der Waals surface area contributed by atoms with Gasteiger partial charge in [0.15, 0.2) is 0 Å². The average molecular weight is 313 g/mol. The molecule has 0 unspecified atom stereocenters. The summed E-state index contributed by atoms with van der Waals surface area (Å²) < 4.78 is 0. The average Bonchev–Trinajstić information content (AvgIpc) is 3.05. The summed E-state index contributed by atoms with van der Waals surface area (Å²) in [7, 11) is 0. The van der Waals surface area contributed by atoms with Gasteiger partial charge in [-0.2, -0.15) is 0 Å². The summed E-state index contributed by atoms with van der Waals surface area (Å²) in [5, 5.41) is 2.99. The zero-order valence-corrected chi connectivity index (χ0v) is 13.5. The van der Waals surface area contributed by atoms with Crippen LogP contribution in [0.5, 0.6) is 0 Å². The number of carbonyl (C=O) groups excluding carboxylic acids is 2. The number of likely N-dealkylation sites (tertiary alicyclic amines) is 1. The Kier molecular flexibility index (Phi) is 3.51. The number of piperidine rings is 1. The summed E-state index contributed by atoms with van der Waals surface area (Å²) in [4.78, 5) is 29.2. The van der Waals surface area contributed by atoms with Crippen LogP contribution in [0.15, 0.2) is 18.2 Å². The molecule has 3 aliphatic rings. The number of nitrogens with one attached hydrogen (secondary N) is 1. The third-order valence-electron chi connectivity index (χ3n) is 5.43. The monoisotopic (exact) mass is 313 g/mol. The molecule has 1 N–H and O–H groups in total. The molecule has 0 aliphatic carbocycles. The molecule has 2 saturated heterocycles. The largest absolute Gasteiger partial charge is 0.358 e. The summed E-state index contributed by atoms with van der Waals surface area (Å²) >= 11 is 0. The van der Waals surface area contributed by atoms with Crippen molar-refractivity contribution in [3.8, 4) is 0 Å². The van der Waals surface area contributed by atoms with Crippen molar-refractivity contribution >= 4 is 23.2 Å². The number of carbonyl (C=O) groups is 2. The number of nitrogens with zero attached hydrogens (tertiary/aromatic N) is 2. The molecule has 1 aromatic carbocycles. The number of anilines is 2. The highest BCUT2D eigenvalue weighted by Crippen LogP contribution is 2.37. The Morgan fingerprint density at radius 1 is 1.17 bits per heavy atom.